The molecule has 4 rings (SSSR count). The van der Waals surface area contributed by atoms with Gasteiger partial charge in [-0.25, -0.2) is 9.97 Å². The predicted octanol–water partition coefficient (Wildman–Crippen LogP) is 2.56. The van der Waals surface area contributed by atoms with Crippen LogP contribution in [0.4, 0.5) is 11.5 Å². The fourth-order valence-corrected chi connectivity index (χ4v) is 3.72. The van der Waals surface area contributed by atoms with Crippen molar-refractivity contribution in [2.75, 3.05) is 43.1 Å². The van der Waals surface area contributed by atoms with Gasteiger partial charge in [-0.2, -0.15) is 5.10 Å². The number of nitrogens with one attached hydrogen (secondary N) is 1. The highest BCUT2D eigenvalue weighted by atomic mass is 16.5. The Bertz CT molecular complexity index is 914. The molecule has 1 aliphatic rings. The molecule has 0 spiro atoms. The van der Waals surface area contributed by atoms with E-state index in [1.54, 1.807) is 13.4 Å². The predicted molar refractivity (Wildman–Crippen MR) is 103 cm³/mol. The average Bonchev–Trinajstić information content (AvgIpc) is 3.12. The van der Waals surface area contributed by atoms with E-state index >= 15 is 0 Å². The molecule has 0 saturated carbocycles. The molecular weight excluding hydrogens is 328 g/mol. The lowest BCUT2D eigenvalue weighted by Crippen LogP contribution is -2.47. The second-order valence-electron chi connectivity index (χ2n) is 6.52. The Morgan fingerprint density at radius 1 is 1.12 bits per heavy atom. The number of aromatic nitrogens is 4. The largest absolute Gasteiger partial charge is 0.496 e. The summed E-state index contributed by atoms with van der Waals surface area (Å²) in [7, 11) is 1.72. The van der Waals surface area contributed by atoms with Crippen molar-refractivity contribution in [1.29, 1.82) is 0 Å². The summed E-state index contributed by atoms with van der Waals surface area (Å²) in [6, 6.07) is 6.24. The first-order valence-corrected chi connectivity index (χ1v) is 9.04. The monoisotopic (exact) mass is 352 g/mol. The van der Waals surface area contributed by atoms with E-state index in [0.717, 1.165) is 60.9 Å². The molecule has 1 fully saturated rings. The van der Waals surface area contributed by atoms with Crippen molar-refractivity contribution in [1.82, 2.24) is 20.2 Å². The highest BCUT2D eigenvalue weighted by Crippen LogP contribution is 2.31. The Kier molecular flexibility index (Phi) is 4.36. The normalized spacial score (nSPS) is 14.9. The third-order valence-electron chi connectivity index (χ3n) is 5.14. The molecule has 1 aliphatic heterocycles. The Hall–Kier alpha value is -2.83. The first kappa shape index (κ1) is 16.6. The zero-order valence-electron chi connectivity index (χ0n) is 15.5. The van der Waals surface area contributed by atoms with Gasteiger partial charge in [-0.05, 0) is 25.5 Å². The molecule has 0 aliphatic carbocycles. The van der Waals surface area contributed by atoms with Crippen LogP contribution in [0.3, 0.4) is 0 Å². The molecule has 1 aromatic carbocycles. The lowest BCUT2D eigenvalue weighted by Gasteiger charge is -2.37. The minimum absolute atomic E-state index is 0.818. The molecule has 7 nitrogen and oxygen atoms in total. The van der Waals surface area contributed by atoms with Crippen LogP contribution in [0.1, 0.15) is 18.2 Å². The second-order valence-corrected chi connectivity index (χ2v) is 6.52. The summed E-state index contributed by atoms with van der Waals surface area (Å²) in [4.78, 5) is 13.6. The summed E-state index contributed by atoms with van der Waals surface area (Å²) in [6.45, 7) is 7.94. The zero-order chi connectivity index (χ0) is 18.1. The standard InChI is InChI=1S/C19H24N6O/c1-4-14-17-18(23-22-14)20-12-21-19(17)25-10-8-24(9-11-25)15-6-5-7-16(26-3)13(15)2/h5-7,12H,4,8-11H2,1-3H3,(H,20,21,22,23). The van der Waals surface area contributed by atoms with Gasteiger partial charge in [0.1, 0.15) is 17.9 Å². The number of rotatable bonds is 4. The van der Waals surface area contributed by atoms with Gasteiger partial charge in [0.25, 0.3) is 0 Å². The molecule has 0 amide bonds. The Balaban J connectivity index is 1.57. The van der Waals surface area contributed by atoms with Crippen LogP contribution in [-0.4, -0.2) is 53.5 Å². The Labute approximate surface area is 153 Å². The van der Waals surface area contributed by atoms with Crippen LogP contribution < -0.4 is 14.5 Å². The van der Waals surface area contributed by atoms with Crippen molar-refractivity contribution in [3.8, 4) is 5.75 Å². The Morgan fingerprint density at radius 2 is 1.88 bits per heavy atom. The molecule has 0 bridgehead atoms. The number of piperazine rings is 1. The van der Waals surface area contributed by atoms with E-state index in [9.17, 15) is 0 Å². The molecular formula is C19H24N6O. The maximum absolute atomic E-state index is 5.47. The zero-order valence-corrected chi connectivity index (χ0v) is 15.5. The number of methoxy groups -OCH3 is 1. The molecule has 2 aromatic heterocycles. The summed E-state index contributed by atoms with van der Waals surface area (Å²) >= 11 is 0. The first-order valence-electron chi connectivity index (χ1n) is 9.04. The van der Waals surface area contributed by atoms with E-state index in [2.05, 4.69) is 55.9 Å². The minimum Gasteiger partial charge on any atom is -0.496 e. The molecule has 0 atom stereocenters. The maximum Gasteiger partial charge on any atom is 0.160 e. The first-order chi connectivity index (χ1) is 12.7. The van der Waals surface area contributed by atoms with E-state index in [-0.39, 0.29) is 0 Å². The van der Waals surface area contributed by atoms with Crippen LogP contribution in [0, 0.1) is 6.92 Å². The molecule has 26 heavy (non-hydrogen) atoms. The van der Waals surface area contributed by atoms with E-state index in [0.29, 0.717) is 0 Å². The highest BCUT2D eigenvalue weighted by Gasteiger charge is 2.23. The molecule has 0 unspecified atom stereocenters. The number of anilines is 2. The molecule has 1 saturated heterocycles. The number of nitrogens with zero attached hydrogens (tertiary/aromatic N) is 5. The summed E-state index contributed by atoms with van der Waals surface area (Å²) < 4.78 is 5.47. The molecule has 3 heterocycles. The van der Waals surface area contributed by atoms with Gasteiger partial charge in [0.05, 0.1) is 18.2 Å². The topological polar surface area (TPSA) is 70.2 Å². The van der Waals surface area contributed by atoms with Crippen LogP contribution in [0.5, 0.6) is 5.75 Å². The van der Waals surface area contributed by atoms with Crippen LogP contribution in [0.2, 0.25) is 0 Å². The average molecular weight is 352 g/mol. The van der Waals surface area contributed by atoms with E-state index < -0.39 is 0 Å². The number of fused-ring (bicyclic) bond motifs is 1. The van der Waals surface area contributed by atoms with E-state index in [4.69, 9.17) is 4.74 Å². The second kappa shape index (κ2) is 6.82. The fraction of sp³-hybridized carbons (Fsp3) is 0.421. The highest BCUT2D eigenvalue weighted by molar-refractivity contribution is 5.89. The number of aromatic amines is 1. The van der Waals surface area contributed by atoms with Gasteiger partial charge in [0.2, 0.25) is 0 Å². The van der Waals surface area contributed by atoms with E-state index in [1.807, 2.05) is 6.07 Å². The quantitative estimate of drug-likeness (QED) is 0.778. The summed E-state index contributed by atoms with van der Waals surface area (Å²) in [6.07, 6.45) is 2.48. The fourth-order valence-electron chi connectivity index (χ4n) is 3.72. The van der Waals surface area contributed by atoms with Gasteiger partial charge in [0.15, 0.2) is 5.65 Å². The van der Waals surface area contributed by atoms with Gasteiger partial charge in [-0.1, -0.05) is 13.0 Å². The smallest absolute Gasteiger partial charge is 0.160 e. The van der Waals surface area contributed by atoms with Crippen molar-refractivity contribution in [2.45, 2.75) is 20.3 Å². The third kappa shape index (κ3) is 2.73. The minimum atomic E-state index is 0.818. The molecule has 0 radical (unpaired) electrons. The van der Waals surface area contributed by atoms with Crippen LogP contribution >= 0.6 is 0 Å². The van der Waals surface area contributed by atoms with Gasteiger partial charge >= 0.3 is 0 Å². The van der Waals surface area contributed by atoms with Gasteiger partial charge < -0.3 is 14.5 Å². The number of H-pyrrole nitrogens is 1. The summed E-state index contributed by atoms with van der Waals surface area (Å²) in [5.41, 5.74) is 4.28. The Morgan fingerprint density at radius 3 is 2.62 bits per heavy atom. The number of hydrogen-bond acceptors (Lipinski definition) is 6. The van der Waals surface area contributed by atoms with Crippen molar-refractivity contribution in [2.24, 2.45) is 0 Å². The van der Waals surface area contributed by atoms with E-state index in [1.165, 1.54) is 11.3 Å². The molecule has 3 aromatic rings. The van der Waals surface area contributed by atoms with Crippen LogP contribution in [0.15, 0.2) is 24.5 Å². The maximum atomic E-state index is 5.47. The molecule has 1 N–H and O–H groups in total. The van der Waals surface area contributed by atoms with Gasteiger partial charge in [-0.15, -0.1) is 0 Å². The summed E-state index contributed by atoms with van der Waals surface area (Å²) in [5, 5.41) is 8.46. The summed E-state index contributed by atoms with van der Waals surface area (Å²) in [5.74, 6) is 1.93. The third-order valence-corrected chi connectivity index (χ3v) is 5.14. The van der Waals surface area contributed by atoms with Crippen molar-refractivity contribution in [3.63, 3.8) is 0 Å². The van der Waals surface area contributed by atoms with Crippen LogP contribution in [-0.2, 0) is 6.42 Å². The lowest BCUT2D eigenvalue weighted by molar-refractivity contribution is 0.411. The van der Waals surface area contributed by atoms with Crippen LogP contribution in [0.25, 0.3) is 11.0 Å². The number of benzene rings is 1. The number of aryl methyl sites for hydroxylation is 1. The molecule has 7 heteroatoms. The number of ether oxygens (including phenoxy) is 1. The van der Waals surface area contributed by atoms with Crippen molar-refractivity contribution < 1.29 is 4.74 Å². The van der Waals surface area contributed by atoms with Crippen molar-refractivity contribution >= 4 is 22.5 Å². The SMILES string of the molecule is CCc1n[nH]c2ncnc(N3CCN(c4cccc(OC)c4C)CC3)c12. The molecule has 136 valence electrons. The van der Waals surface area contributed by atoms with Gasteiger partial charge in [0, 0.05) is 37.4 Å². The van der Waals surface area contributed by atoms with Gasteiger partial charge in [-0.3, -0.25) is 5.10 Å². The number of hydrogen-bond donors (Lipinski definition) is 1. The lowest BCUT2D eigenvalue weighted by atomic mass is 10.1. The van der Waals surface area contributed by atoms with Crippen molar-refractivity contribution in [3.05, 3.63) is 35.8 Å².